The van der Waals surface area contributed by atoms with Crippen molar-refractivity contribution in [2.24, 2.45) is 5.92 Å². The van der Waals surface area contributed by atoms with Crippen molar-refractivity contribution in [2.45, 2.75) is 38.9 Å². The molecule has 1 saturated heterocycles. The van der Waals surface area contributed by atoms with Crippen molar-refractivity contribution in [1.82, 2.24) is 14.4 Å². The fraction of sp³-hybridized carbons (Fsp3) is 0.476. The van der Waals surface area contributed by atoms with Crippen molar-refractivity contribution in [3.8, 4) is 0 Å². The van der Waals surface area contributed by atoms with Crippen molar-refractivity contribution in [3.63, 3.8) is 0 Å². The smallest absolute Gasteiger partial charge is 0.227 e. The van der Waals surface area contributed by atoms with Gasteiger partial charge in [-0.2, -0.15) is 0 Å². The Balaban J connectivity index is 1.42. The average molecular weight is 337 g/mol. The summed E-state index contributed by atoms with van der Waals surface area (Å²) >= 11 is 0. The van der Waals surface area contributed by atoms with Crippen molar-refractivity contribution in [1.29, 1.82) is 0 Å². The highest BCUT2D eigenvalue weighted by atomic mass is 16.2. The Kier molecular flexibility index (Phi) is 4.62. The van der Waals surface area contributed by atoms with Gasteiger partial charge in [0.25, 0.3) is 0 Å². The Bertz CT molecular complexity index is 724. The maximum Gasteiger partial charge on any atom is 0.227 e. The minimum absolute atomic E-state index is 0.140. The molecule has 4 nitrogen and oxygen atoms in total. The van der Waals surface area contributed by atoms with Crippen molar-refractivity contribution >= 4 is 5.91 Å². The predicted molar refractivity (Wildman–Crippen MR) is 99.0 cm³/mol. The normalized spacial score (nSPS) is 24.1. The van der Waals surface area contributed by atoms with Crippen LogP contribution in [0.15, 0.2) is 48.7 Å². The van der Waals surface area contributed by atoms with Crippen LogP contribution >= 0.6 is 0 Å². The van der Waals surface area contributed by atoms with Crippen LogP contribution in [-0.2, 0) is 17.9 Å². The van der Waals surface area contributed by atoms with Gasteiger partial charge >= 0.3 is 0 Å². The summed E-state index contributed by atoms with van der Waals surface area (Å²) in [6.45, 7) is 6.83. The maximum atomic E-state index is 13.2. The molecule has 2 aliphatic heterocycles. The molecule has 4 rings (SSSR count). The highest BCUT2D eigenvalue weighted by molar-refractivity contribution is 5.79. The number of rotatable bonds is 3. The molecule has 0 aliphatic carbocycles. The first-order chi connectivity index (χ1) is 12.2. The minimum atomic E-state index is 0.140. The van der Waals surface area contributed by atoms with E-state index in [2.05, 4.69) is 70.0 Å². The van der Waals surface area contributed by atoms with Crippen LogP contribution in [0, 0.1) is 5.92 Å². The Morgan fingerprint density at radius 3 is 2.76 bits per heavy atom. The van der Waals surface area contributed by atoms with Gasteiger partial charge in [-0.15, -0.1) is 0 Å². The number of piperidine rings is 1. The van der Waals surface area contributed by atoms with Crippen molar-refractivity contribution < 1.29 is 4.79 Å². The van der Waals surface area contributed by atoms with E-state index < -0.39 is 0 Å². The number of aromatic nitrogens is 1. The molecule has 0 N–H and O–H groups in total. The second-order valence-corrected chi connectivity index (χ2v) is 7.39. The topological polar surface area (TPSA) is 28.5 Å². The summed E-state index contributed by atoms with van der Waals surface area (Å²) in [6.07, 6.45) is 4.26. The second-order valence-electron chi connectivity index (χ2n) is 7.39. The first-order valence-electron chi connectivity index (χ1n) is 9.44. The summed E-state index contributed by atoms with van der Waals surface area (Å²) in [5, 5.41) is 0. The van der Waals surface area contributed by atoms with Gasteiger partial charge in [0.2, 0.25) is 5.91 Å². The third-order valence-electron chi connectivity index (χ3n) is 5.73. The molecular formula is C21H27N3O. The molecule has 0 spiro atoms. The number of hydrogen-bond acceptors (Lipinski definition) is 2. The predicted octanol–water partition coefficient (Wildman–Crippen LogP) is 3.30. The molecule has 0 bridgehead atoms. The van der Waals surface area contributed by atoms with Crippen LogP contribution in [-0.4, -0.2) is 39.9 Å². The van der Waals surface area contributed by atoms with Gasteiger partial charge in [-0.3, -0.25) is 9.69 Å². The van der Waals surface area contributed by atoms with Crippen LogP contribution in [0.4, 0.5) is 0 Å². The zero-order chi connectivity index (χ0) is 17.2. The molecule has 3 heterocycles. The summed E-state index contributed by atoms with van der Waals surface area (Å²) in [5.41, 5.74) is 2.59. The van der Waals surface area contributed by atoms with Crippen LogP contribution in [0.5, 0.6) is 0 Å². The molecule has 2 atom stereocenters. The summed E-state index contributed by atoms with van der Waals surface area (Å²) in [5.74, 6) is 0.485. The van der Waals surface area contributed by atoms with Gasteiger partial charge in [0.05, 0.1) is 12.0 Å². The first-order valence-corrected chi connectivity index (χ1v) is 9.44. The Morgan fingerprint density at radius 1 is 1.08 bits per heavy atom. The molecule has 1 aromatic heterocycles. The minimum Gasteiger partial charge on any atom is -0.348 e. The number of benzene rings is 1. The lowest BCUT2D eigenvalue weighted by molar-refractivity contribution is -0.140. The lowest BCUT2D eigenvalue weighted by Gasteiger charge is -2.39. The van der Waals surface area contributed by atoms with Crippen LogP contribution in [0.2, 0.25) is 0 Å². The summed E-state index contributed by atoms with van der Waals surface area (Å²) < 4.78 is 2.27. The van der Waals surface area contributed by atoms with E-state index in [0.717, 1.165) is 45.6 Å². The van der Waals surface area contributed by atoms with Crippen LogP contribution in [0.1, 0.15) is 37.1 Å². The standard InChI is InChI=1S/C21H27N3O/c1-17-20-10-6-12-23(20)13-14-24(17)21(25)19-9-5-11-22(16-19)15-18-7-3-2-4-8-18/h2-4,6-8,10,12,17,19H,5,9,11,13-16H2,1H3. The molecule has 0 saturated carbocycles. The van der Waals surface area contributed by atoms with E-state index in [9.17, 15) is 4.79 Å². The average Bonchev–Trinajstić information content (AvgIpc) is 3.12. The number of amides is 1. The van der Waals surface area contributed by atoms with Gasteiger partial charge in [0.15, 0.2) is 0 Å². The fourth-order valence-electron chi connectivity index (χ4n) is 4.36. The lowest BCUT2D eigenvalue weighted by atomic mass is 9.95. The molecule has 1 amide bonds. The van der Waals surface area contributed by atoms with Gasteiger partial charge in [-0.1, -0.05) is 30.3 Å². The highest BCUT2D eigenvalue weighted by Gasteiger charge is 2.34. The van der Waals surface area contributed by atoms with E-state index in [4.69, 9.17) is 0 Å². The monoisotopic (exact) mass is 337 g/mol. The van der Waals surface area contributed by atoms with Gasteiger partial charge in [-0.05, 0) is 44.0 Å². The molecule has 0 radical (unpaired) electrons. The number of carbonyl (C=O) groups is 1. The zero-order valence-corrected chi connectivity index (χ0v) is 15.0. The molecule has 1 fully saturated rings. The third-order valence-corrected chi connectivity index (χ3v) is 5.73. The second kappa shape index (κ2) is 7.04. The lowest BCUT2D eigenvalue weighted by Crippen LogP contribution is -2.48. The number of fused-ring (bicyclic) bond motifs is 1. The van der Waals surface area contributed by atoms with E-state index in [1.807, 2.05) is 0 Å². The van der Waals surface area contributed by atoms with Crippen molar-refractivity contribution in [2.75, 3.05) is 19.6 Å². The first kappa shape index (κ1) is 16.4. The third kappa shape index (κ3) is 3.36. The van der Waals surface area contributed by atoms with E-state index in [1.165, 1.54) is 11.3 Å². The van der Waals surface area contributed by atoms with Gasteiger partial charge in [-0.25, -0.2) is 0 Å². The molecule has 132 valence electrons. The molecule has 1 aromatic carbocycles. The number of likely N-dealkylation sites (tertiary alicyclic amines) is 1. The SMILES string of the molecule is CC1c2cccn2CCN1C(=O)C1CCCN(Cc2ccccc2)C1. The maximum absolute atomic E-state index is 13.2. The Labute approximate surface area is 150 Å². The summed E-state index contributed by atoms with van der Waals surface area (Å²) in [4.78, 5) is 17.7. The molecule has 2 aromatic rings. The van der Waals surface area contributed by atoms with Gasteiger partial charge in [0.1, 0.15) is 0 Å². The fourth-order valence-corrected chi connectivity index (χ4v) is 4.36. The van der Waals surface area contributed by atoms with E-state index >= 15 is 0 Å². The zero-order valence-electron chi connectivity index (χ0n) is 15.0. The summed E-state index contributed by atoms with van der Waals surface area (Å²) in [6, 6.07) is 15.0. The number of nitrogens with zero attached hydrogens (tertiary/aromatic N) is 3. The molecule has 2 unspecified atom stereocenters. The summed E-state index contributed by atoms with van der Waals surface area (Å²) in [7, 11) is 0. The molecule has 4 heteroatoms. The molecule has 25 heavy (non-hydrogen) atoms. The largest absolute Gasteiger partial charge is 0.348 e. The van der Waals surface area contributed by atoms with E-state index in [-0.39, 0.29) is 12.0 Å². The molecular weight excluding hydrogens is 310 g/mol. The van der Waals surface area contributed by atoms with Crippen LogP contribution in [0.25, 0.3) is 0 Å². The number of hydrogen-bond donors (Lipinski definition) is 0. The Morgan fingerprint density at radius 2 is 1.92 bits per heavy atom. The van der Waals surface area contributed by atoms with Gasteiger partial charge < -0.3 is 9.47 Å². The van der Waals surface area contributed by atoms with Crippen LogP contribution < -0.4 is 0 Å². The van der Waals surface area contributed by atoms with E-state index in [0.29, 0.717) is 5.91 Å². The van der Waals surface area contributed by atoms with Crippen molar-refractivity contribution in [3.05, 3.63) is 59.9 Å². The highest BCUT2D eigenvalue weighted by Crippen LogP contribution is 2.29. The quantitative estimate of drug-likeness (QED) is 0.860. The molecule has 2 aliphatic rings. The van der Waals surface area contributed by atoms with Gasteiger partial charge in [0, 0.05) is 38.1 Å². The Hall–Kier alpha value is -2.07. The number of carbonyl (C=O) groups excluding carboxylic acids is 1. The van der Waals surface area contributed by atoms with Crippen LogP contribution in [0.3, 0.4) is 0 Å². The van der Waals surface area contributed by atoms with E-state index in [1.54, 1.807) is 0 Å².